The van der Waals surface area contributed by atoms with Crippen LogP contribution in [-0.2, 0) is 17.8 Å². The minimum atomic E-state index is 0.520. The smallest absolute Gasteiger partial charge is 0.0719 e. The van der Waals surface area contributed by atoms with Crippen LogP contribution in [0.3, 0.4) is 0 Å². The van der Waals surface area contributed by atoms with Gasteiger partial charge in [0, 0.05) is 7.11 Å². The third-order valence-corrected chi connectivity index (χ3v) is 3.75. The highest BCUT2D eigenvalue weighted by molar-refractivity contribution is 5.71. The predicted molar refractivity (Wildman–Crippen MR) is 86.1 cm³/mol. The highest BCUT2D eigenvalue weighted by Crippen LogP contribution is 2.32. The van der Waals surface area contributed by atoms with E-state index in [9.17, 15) is 0 Å². The zero-order chi connectivity index (χ0) is 14.5. The Morgan fingerprint density at radius 3 is 2.40 bits per heavy atom. The Kier molecular flexibility index (Phi) is 4.97. The molecule has 1 nitrogen and oxygen atoms in total. The van der Waals surface area contributed by atoms with Gasteiger partial charge in [0.1, 0.15) is 0 Å². The minimum Gasteiger partial charge on any atom is -0.380 e. The van der Waals surface area contributed by atoms with E-state index in [1.54, 1.807) is 7.11 Å². The van der Waals surface area contributed by atoms with Crippen LogP contribution in [0.2, 0.25) is 0 Å². The second kappa shape index (κ2) is 6.71. The fraction of sp³-hybridized carbons (Fsp3) is 0.368. The van der Waals surface area contributed by atoms with Gasteiger partial charge < -0.3 is 4.74 Å². The summed E-state index contributed by atoms with van der Waals surface area (Å²) in [6.07, 6.45) is 1.08. The average molecular weight is 268 g/mol. The number of rotatable bonds is 5. The second-order valence-electron chi connectivity index (χ2n) is 5.52. The SMILES string of the molecule is CCc1ccc(-c2ccccc2COC)c(C(C)C)c1. The van der Waals surface area contributed by atoms with E-state index in [1.165, 1.54) is 27.8 Å². The molecule has 0 aliphatic rings. The van der Waals surface area contributed by atoms with Crippen molar-refractivity contribution in [2.75, 3.05) is 7.11 Å². The van der Waals surface area contributed by atoms with Gasteiger partial charge in [-0.25, -0.2) is 0 Å². The Balaban J connectivity index is 2.57. The van der Waals surface area contributed by atoms with Gasteiger partial charge in [0.25, 0.3) is 0 Å². The number of hydrogen-bond donors (Lipinski definition) is 0. The first-order valence-corrected chi connectivity index (χ1v) is 7.37. The molecule has 106 valence electrons. The van der Waals surface area contributed by atoms with Crippen LogP contribution in [-0.4, -0.2) is 7.11 Å². The van der Waals surface area contributed by atoms with E-state index in [0.29, 0.717) is 12.5 Å². The maximum atomic E-state index is 5.34. The largest absolute Gasteiger partial charge is 0.380 e. The van der Waals surface area contributed by atoms with Crippen molar-refractivity contribution in [2.24, 2.45) is 0 Å². The normalized spacial score (nSPS) is 11.1. The molecule has 0 fully saturated rings. The molecule has 0 N–H and O–H groups in total. The summed E-state index contributed by atoms with van der Waals surface area (Å²) >= 11 is 0. The van der Waals surface area contributed by atoms with Crippen LogP contribution in [0.25, 0.3) is 11.1 Å². The summed E-state index contributed by atoms with van der Waals surface area (Å²) < 4.78 is 5.34. The molecule has 0 aliphatic carbocycles. The molecule has 1 heteroatoms. The van der Waals surface area contributed by atoms with E-state index in [2.05, 4.69) is 63.2 Å². The zero-order valence-electron chi connectivity index (χ0n) is 12.9. The van der Waals surface area contributed by atoms with Crippen LogP contribution >= 0.6 is 0 Å². The molecule has 2 aromatic rings. The molecule has 0 bridgehead atoms. The van der Waals surface area contributed by atoms with E-state index < -0.39 is 0 Å². The van der Waals surface area contributed by atoms with Crippen molar-refractivity contribution in [2.45, 2.75) is 39.7 Å². The highest BCUT2D eigenvalue weighted by atomic mass is 16.5. The number of benzene rings is 2. The van der Waals surface area contributed by atoms with E-state index in [1.807, 2.05) is 0 Å². The third kappa shape index (κ3) is 3.10. The van der Waals surface area contributed by atoms with Gasteiger partial charge in [0.15, 0.2) is 0 Å². The third-order valence-electron chi connectivity index (χ3n) is 3.75. The summed E-state index contributed by atoms with van der Waals surface area (Å²) in [5.74, 6) is 0.520. The topological polar surface area (TPSA) is 9.23 Å². The lowest BCUT2D eigenvalue weighted by Gasteiger charge is -2.17. The van der Waals surface area contributed by atoms with Crippen LogP contribution < -0.4 is 0 Å². The highest BCUT2D eigenvalue weighted by Gasteiger charge is 2.12. The molecule has 0 atom stereocenters. The molecule has 0 spiro atoms. The molecule has 0 heterocycles. The van der Waals surface area contributed by atoms with Gasteiger partial charge in [-0.05, 0) is 40.2 Å². The first-order chi connectivity index (χ1) is 9.67. The molecule has 2 aromatic carbocycles. The number of hydrogen-bond acceptors (Lipinski definition) is 1. The molecule has 0 radical (unpaired) electrons. The lowest BCUT2D eigenvalue weighted by molar-refractivity contribution is 0.185. The van der Waals surface area contributed by atoms with Crippen LogP contribution in [0, 0.1) is 0 Å². The van der Waals surface area contributed by atoms with Gasteiger partial charge in [-0.1, -0.05) is 63.2 Å². The van der Waals surface area contributed by atoms with Crippen molar-refractivity contribution >= 4 is 0 Å². The fourth-order valence-electron chi connectivity index (χ4n) is 2.62. The number of ether oxygens (including phenoxy) is 1. The monoisotopic (exact) mass is 268 g/mol. The van der Waals surface area contributed by atoms with Crippen LogP contribution in [0.15, 0.2) is 42.5 Å². The van der Waals surface area contributed by atoms with E-state index in [-0.39, 0.29) is 0 Å². The molecule has 20 heavy (non-hydrogen) atoms. The van der Waals surface area contributed by atoms with Gasteiger partial charge in [0.2, 0.25) is 0 Å². The number of methoxy groups -OCH3 is 1. The van der Waals surface area contributed by atoms with Gasteiger partial charge in [-0.2, -0.15) is 0 Å². The summed E-state index contributed by atoms with van der Waals surface area (Å²) in [5, 5.41) is 0. The van der Waals surface area contributed by atoms with Crippen molar-refractivity contribution < 1.29 is 4.74 Å². The van der Waals surface area contributed by atoms with Crippen molar-refractivity contribution in [3.8, 4) is 11.1 Å². The van der Waals surface area contributed by atoms with Gasteiger partial charge in [-0.15, -0.1) is 0 Å². The average Bonchev–Trinajstić information content (AvgIpc) is 2.47. The van der Waals surface area contributed by atoms with Crippen LogP contribution in [0.1, 0.15) is 43.4 Å². The maximum Gasteiger partial charge on any atom is 0.0719 e. The van der Waals surface area contributed by atoms with Crippen molar-refractivity contribution in [3.63, 3.8) is 0 Å². The molecule has 0 unspecified atom stereocenters. The second-order valence-corrected chi connectivity index (χ2v) is 5.52. The van der Waals surface area contributed by atoms with Crippen molar-refractivity contribution in [1.29, 1.82) is 0 Å². The summed E-state index contributed by atoms with van der Waals surface area (Å²) in [4.78, 5) is 0. The molecule has 0 saturated carbocycles. The van der Waals surface area contributed by atoms with E-state index in [0.717, 1.165) is 6.42 Å². The summed E-state index contributed by atoms with van der Waals surface area (Å²) in [6, 6.07) is 15.4. The van der Waals surface area contributed by atoms with Gasteiger partial charge in [-0.3, -0.25) is 0 Å². The molecule has 0 amide bonds. The van der Waals surface area contributed by atoms with E-state index in [4.69, 9.17) is 4.74 Å². The fourth-order valence-corrected chi connectivity index (χ4v) is 2.62. The zero-order valence-corrected chi connectivity index (χ0v) is 12.9. The quantitative estimate of drug-likeness (QED) is 0.725. The first kappa shape index (κ1) is 14.8. The Morgan fingerprint density at radius 2 is 1.75 bits per heavy atom. The summed E-state index contributed by atoms with van der Waals surface area (Å²) in [6.45, 7) is 7.38. The molecule has 0 aromatic heterocycles. The number of aryl methyl sites for hydroxylation is 1. The molecule has 2 rings (SSSR count). The van der Waals surface area contributed by atoms with Crippen molar-refractivity contribution in [3.05, 3.63) is 59.2 Å². The predicted octanol–water partition coefficient (Wildman–Crippen LogP) is 5.19. The molecule has 0 saturated heterocycles. The summed E-state index contributed by atoms with van der Waals surface area (Å²) in [5.41, 5.74) is 6.71. The molecule has 0 aliphatic heterocycles. The standard InChI is InChI=1S/C19H24O/c1-5-15-10-11-18(19(12-15)14(2)3)17-9-7-6-8-16(17)13-20-4/h6-12,14H,5,13H2,1-4H3. The molecular weight excluding hydrogens is 244 g/mol. The lowest BCUT2D eigenvalue weighted by Crippen LogP contribution is -1.98. The Bertz CT molecular complexity index is 570. The minimum absolute atomic E-state index is 0.520. The van der Waals surface area contributed by atoms with Crippen LogP contribution in [0.5, 0.6) is 0 Å². The molecular formula is C19H24O. The first-order valence-electron chi connectivity index (χ1n) is 7.37. The van der Waals surface area contributed by atoms with Crippen LogP contribution in [0.4, 0.5) is 0 Å². The Labute approximate surface area is 122 Å². The van der Waals surface area contributed by atoms with Gasteiger partial charge in [0.05, 0.1) is 6.61 Å². The summed E-state index contributed by atoms with van der Waals surface area (Å²) in [7, 11) is 1.75. The Morgan fingerprint density at radius 1 is 1.00 bits per heavy atom. The van der Waals surface area contributed by atoms with E-state index >= 15 is 0 Å². The lowest BCUT2D eigenvalue weighted by atomic mass is 9.88. The Hall–Kier alpha value is -1.60. The van der Waals surface area contributed by atoms with Gasteiger partial charge >= 0.3 is 0 Å². The van der Waals surface area contributed by atoms with Crippen molar-refractivity contribution in [1.82, 2.24) is 0 Å². The maximum absolute atomic E-state index is 5.34.